The third kappa shape index (κ3) is 3.80. The average molecular weight is 316 g/mol. The van der Waals surface area contributed by atoms with Gasteiger partial charge in [-0.15, -0.1) is 0 Å². The number of anilines is 1. The molecular formula is C16H21FN6. The van der Waals surface area contributed by atoms with Crippen molar-refractivity contribution in [2.24, 2.45) is 17.8 Å². The number of aryl methyl sites for hydroxylation is 1. The van der Waals surface area contributed by atoms with Gasteiger partial charge in [-0.05, 0) is 24.3 Å². The number of nitrogens with zero attached hydrogens (tertiary/aromatic N) is 5. The van der Waals surface area contributed by atoms with Crippen molar-refractivity contribution in [1.82, 2.24) is 14.7 Å². The van der Waals surface area contributed by atoms with Crippen LogP contribution in [0.3, 0.4) is 0 Å². The zero-order valence-corrected chi connectivity index (χ0v) is 13.2. The summed E-state index contributed by atoms with van der Waals surface area (Å²) >= 11 is 0. The molecule has 0 bridgehead atoms. The van der Waals surface area contributed by atoms with Crippen LogP contribution in [0.1, 0.15) is 5.56 Å². The van der Waals surface area contributed by atoms with Crippen molar-refractivity contribution in [3.05, 3.63) is 48.0 Å². The van der Waals surface area contributed by atoms with E-state index >= 15 is 0 Å². The van der Waals surface area contributed by atoms with E-state index in [4.69, 9.17) is 5.73 Å². The molecule has 1 saturated heterocycles. The van der Waals surface area contributed by atoms with Crippen LogP contribution in [0, 0.1) is 5.82 Å². The first-order valence-corrected chi connectivity index (χ1v) is 7.65. The smallest absolute Gasteiger partial charge is 0.191 e. The average Bonchev–Trinajstić information content (AvgIpc) is 2.99. The highest BCUT2D eigenvalue weighted by Crippen LogP contribution is 2.16. The second-order valence-electron chi connectivity index (χ2n) is 5.65. The van der Waals surface area contributed by atoms with Crippen LogP contribution >= 0.6 is 0 Å². The molecule has 0 amide bonds. The van der Waals surface area contributed by atoms with Crippen LogP contribution in [-0.2, 0) is 13.6 Å². The van der Waals surface area contributed by atoms with Gasteiger partial charge in [-0.1, -0.05) is 0 Å². The highest BCUT2D eigenvalue weighted by molar-refractivity contribution is 5.78. The molecule has 1 aromatic heterocycles. The van der Waals surface area contributed by atoms with Crippen molar-refractivity contribution in [2.45, 2.75) is 6.54 Å². The monoisotopic (exact) mass is 316 g/mol. The molecule has 1 aliphatic rings. The normalized spacial score (nSPS) is 16.0. The van der Waals surface area contributed by atoms with E-state index in [0.717, 1.165) is 37.4 Å². The molecular weight excluding hydrogens is 295 g/mol. The van der Waals surface area contributed by atoms with Crippen molar-refractivity contribution in [1.29, 1.82) is 0 Å². The fourth-order valence-corrected chi connectivity index (χ4v) is 2.67. The van der Waals surface area contributed by atoms with Gasteiger partial charge in [0, 0.05) is 50.7 Å². The maximum absolute atomic E-state index is 13.0. The summed E-state index contributed by atoms with van der Waals surface area (Å²) < 4.78 is 14.7. The van der Waals surface area contributed by atoms with Crippen molar-refractivity contribution in [3.8, 4) is 0 Å². The lowest BCUT2D eigenvalue weighted by Gasteiger charge is -2.36. The SMILES string of the molecule is Cn1cc(CN=C(N)N2CCN(c3ccc(F)cc3)CC2)cn1. The van der Waals surface area contributed by atoms with Gasteiger partial charge in [0.15, 0.2) is 5.96 Å². The van der Waals surface area contributed by atoms with Gasteiger partial charge < -0.3 is 15.5 Å². The predicted molar refractivity (Wildman–Crippen MR) is 88.7 cm³/mol. The first-order chi connectivity index (χ1) is 11.1. The van der Waals surface area contributed by atoms with Gasteiger partial charge in [0.25, 0.3) is 0 Å². The molecule has 7 heteroatoms. The van der Waals surface area contributed by atoms with E-state index < -0.39 is 0 Å². The van der Waals surface area contributed by atoms with Gasteiger partial charge in [0.05, 0.1) is 12.7 Å². The zero-order chi connectivity index (χ0) is 16.2. The van der Waals surface area contributed by atoms with Crippen molar-refractivity contribution < 1.29 is 4.39 Å². The second kappa shape index (κ2) is 6.68. The number of piperazine rings is 1. The standard InChI is InChI=1S/C16H21FN6/c1-21-12-13(11-20-21)10-19-16(18)23-8-6-22(7-9-23)15-4-2-14(17)3-5-15/h2-5,11-12H,6-10H2,1H3,(H2,18,19). The molecule has 2 heterocycles. The molecule has 3 rings (SSSR count). The highest BCUT2D eigenvalue weighted by Gasteiger charge is 2.18. The fraction of sp³-hybridized carbons (Fsp3) is 0.375. The molecule has 1 aliphatic heterocycles. The number of aromatic nitrogens is 2. The number of benzene rings is 1. The van der Waals surface area contributed by atoms with E-state index in [2.05, 4.69) is 19.9 Å². The molecule has 0 unspecified atom stereocenters. The van der Waals surface area contributed by atoms with E-state index in [9.17, 15) is 4.39 Å². The summed E-state index contributed by atoms with van der Waals surface area (Å²) in [6.45, 7) is 3.83. The molecule has 0 spiro atoms. The lowest BCUT2D eigenvalue weighted by atomic mass is 10.2. The minimum absolute atomic E-state index is 0.209. The number of guanidine groups is 1. The molecule has 0 aliphatic carbocycles. The summed E-state index contributed by atoms with van der Waals surface area (Å²) in [5.74, 6) is 0.353. The molecule has 1 aromatic carbocycles. The van der Waals surface area contributed by atoms with Gasteiger partial charge >= 0.3 is 0 Å². The molecule has 0 atom stereocenters. The summed E-state index contributed by atoms with van der Waals surface area (Å²) in [5, 5.41) is 4.12. The van der Waals surface area contributed by atoms with E-state index in [1.54, 1.807) is 10.9 Å². The van der Waals surface area contributed by atoms with Crippen molar-refractivity contribution in [3.63, 3.8) is 0 Å². The van der Waals surface area contributed by atoms with Crippen LogP contribution < -0.4 is 10.6 Å². The topological polar surface area (TPSA) is 62.7 Å². The van der Waals surface area contributed by atoms with Crippen LogP contribution in [0.25, 0.3) is 0 Å². The summed E-state index contributed by atoms with van der Waals surface area (Å²) in [7, 11) is 1.88. The maximum Gasteiger partial charge on any atom is 0.191 e. The molecule has 1 fully saturated rings. The minimum Gasteiger partial charge on any atom is -0.370 e. The van der Waals surface area contributed by atoms with Gasteiger partial charge in [-0.2, -0.15) is 5.10 Å². The first-order valence-electron chi connectivity index (χ1n) is 7.65. The minimum atomic E-state index is -0.209. The summed E-state index contributed by atoms with van der Waals surface area (Å²) in [5.41, 5.74) is 8.17. The lowest BCUT2D eigenvalue weighted by Crippen LogP contribution is -2.51. The number of rotatable bonds is 3. The molecule has 122 valence electrons. The number of halogens is 1. The Morgan fingerprint density at radius 2 is 1.91 bits per heavy atom. The Morgan fingerprint density at radius 3 is 2.52 bits per heavy atom. The van der Waals surface area contributed by atoms with Gasteiger partial charge in [-0.25, -0.2) is 9.38 Å². The first kappa shape index (κ1) is 15.3. The molecule has 2 N–H and O–H groups in total. The molecule has 23 heavy (non-hydrogen) atoms. The second-order valence-corrected chi connectivity index (χ2v) is 5.65. The van der Waals surface area contributed by atoms with E-state index in [1.165, 1.54) is 12.1 Å². The Labute approximate surface area is 135 Å². The fourth-order valence-electron chi connectivity index (χ4n) is 2.67. The largest absolute Gasteiger partial charge is 0.370 e. The third-order valence-electron chi connectivity index (χ3n) is 3.98. The Morgan fingerprint density at radius 1 is 1.22 bits per heavy atom. The van der Waals surface area contributed by atoms with E-state index in [-0.39, 0.29) is 5.82 Å². The number of hydrogen-bond acceptors (Lipinski definition) is 3. The summed E-state index contributed by atoms with van der Waals surface area (Å²) in [6.07, 6.45) is 3.73. The quantitative estimate of drug-likeness (QED) is 0.683. The van der Waals surface area contributed by atoms with E-state index in [0.29, 0.717) is 12.5 Å². The lowest BCUT2D eigenvalue weighted by molar-refractivity contribution is 0.380. The van der Waals surface area contributed by atoms with Gasteiger partial charge in [0.1, 0.15) is 5.82 Å². The maximum atomic E-state index is 13.0. The van der Waals surface area contributed by atoms with Crippen molar-refractivity contribution >= 4 is 11.6 Å². The van der Waals surface area contributed by atoms with Crippen LogP contribution in [0.5, 0.6) is 0 Å². The molecule has 0 radical (unpaired) electrons. The van der Waals surface area contributed by atoms with Crippen LogP contribution in [0.2, 0.25) is 0 Å². The number of hydrogen-bond donors (Lipinski definition) is 1. The van der Waals surface area contributed by atoms with Crippen molar-refractivity contribution in [2.75, 3.05) is 31.1 Å². The van der Waals surface area contributed by atoms with Gasteiger partial charge in [0.2, 0.25) is 0 Å². The number of nitrogens with two attached hydrogens (primary N) is 1. The van der Waals surface area contributed by atoms with Crippen LogP contribution in [0.15, 0.2) is 41.7 Å². The predicted octanol–water partition coefficient (Wildman–Crippen LogP) is 1.20. The molecule has 0 saturated carbocycles. The van der Waals surface area contributed by atoms with Crippen LogP contribution in [-0.4, -0.2) is 46.8 Å². The third-order valence-corrected chi connectivity index (χ3v) is 3.98. The van der Waals surface area contributed by atoms with Gasteiger partial charge in [-0.3, -0.25) is 4.68 Å². The Bertz CT molecular complexity index is 670. The highest BCUT2D eigenvalue weighted by atomic mass is 19.1. The molecule has 2 aromatic rings. The summed E-state index contributed by atoms with van der Waals surface area (Å²) in [4.78, 5) is 8.75. The van der Waals surface area contributed by atoms with E-state index in [1.807, 2.05) is 25.4 Å². The Balaban J connectivity index is 1.54. The zero-order valence-electron chi connectivity index (χ0n) is 13.2. The molecule has 6 nitrogen and oxygen atoms in total. The summed E-state index contributed by atoms with van der Waals surface area (Å²) in [6, 6.07) is 6.60. The Hall–Kier alpha value is -2.57. The number of aliphatic imine (C=N–C) groups is 1. The Kier molecular flexibility index (Phi) is 4.45. The van der Waals surface area contributed by atoms with Crippen LogP contribution in [0.4, 0.5) is 10.1 Å².